The molecule has 0 spiro atoms. The molecule has 0 aliphatic heterocycles. The fourth-order valence-corrected chi connectivity index (χ4v) is 2.21. The third kappa shape index (κ3) is 3.90. The molecule has 5 heteroatoms. The number of benzene rings is 1. The van der Waals surface area contributed by atoms with Crippen LogP contribution in [-0.4, -0.2) is 22.7 Å². The molecule has 2 N–H and O–H groups in total. The van der Waals surface area contributed by atoms with Gasteiger partial charge in [0, 0.05) is 0 Å². The van der Waals surface area contributed by atoms with Crippen LogP contribution in [0.3, 0.4) is 0 Å². The molecular weight excluding hydrogens is 229 g/mol. The highest BCUT2D eigenvalue weighted by Crippen LogP contribution is 2.17. The Balaban J connectivity index is 2.59. The first-order valence-corrected chi connectivity index (χ1v) is 6.37. The van der Waals surface area contributed by atoms with Crippen molar-refractivity contribution in [3.63, 3.8) is 0 Å². The number of rotatable bonds is 5. The first kappa shape index (κ1) is 13.1. The zero-order valence-electron chi connectivity index (χ0n) is 9.40. The molecule has 0 heterocycles. The van der Waals surface area contributed by atoms with E-state index in [1.54, 1.807) is 0 Å². The zero-order chi connectivity index (χ0) is 12.1. The molecule has 16 heavy (non-hydrogen) atoms. The van der Waals surface area contributed by atoms with Gasteiger partial charge in [-0.15, -0.1) is 0 Å². The average Bonchev–Trinajstić information content (AvgIpc) is 2.16. The number of hydrogen-bond acceptors (Lipinski definition) is 3. The van der Waals surface area contributed by atoms with Gasteiger partial charge >= 0.3 is 0 Å². The Kier molecular flexibility index (Phi) is 4.89. The third-order valence-electron chi connectivity index (χ3n) is 1.94. The Labute approximate surface area is 97.2 Å². The molecule has 3 nitrogen and oxygen atoms in total. The fraction of sp³-hybridized carbons (Fsp3) is 0.455. The van der Waals surface area contributed by atoms with Gasteiger partial charge in [0.05, 0.1) is 39.8 Å². The lowest BCUT2D eigenvalue weighted by Crippen LogP contribution is -2.12. The Bertz CT molecular complexity index is 382. The van der Waals surface area contributed by atoms with Crippen LogP contribution in [0.15, 0.2) is 23.1 Å². The van der Waals surface area contributed by atoms with Crippen LogP contribution in [0.25, 0.3) is 0 Å². The number of halogens is 1. The van der Waals surface area contributed by atoms with Gasteiger partial charge in [-0.05, 0) is 32.0 Å². The van der Waals surface area contributed by atoms with Crippen molar-refractivity contribution < 1.29 is 13.3 Å². The first-order chi connectivity index (χ1) is 7.50. The molecule has 1 aromatic carbocycles. The summed E-state index contributed by atoms with van der Waals surface area (Å²) >= 11 is 0. The van der Waals surface area contributed by atoms with E-state index in [1.807, 2.05) is 13.8 Å². The summed E-state index contributed by atoms with van der Waals surface area (Å²) < 4.78 is 29.8. The predicted molar refractivity (Wildman–Crippen MR) is 63.2 cm³/mol. The third-order valence-corrected chi connectivity index (χ3v) is 3.34. The van der Waals surface area contributed by atoms with Gasteiger partial charge in [-0.3, -0.25) is 4.21 Å². The molecule has 0 bridgehead atoms. The van der Waals surface area contributed by atoms with Crippen molar-refractivity contribution in [2.45, 2.75) is 24.8 Å². The molecular formula is C11H16FNO2S. The second-order valence-corrected chi connectivity index (χ2v) is 5.19. The smallest absolute Gasteiger partial charge is 0.125 e. The van der Waals surface area contributed by atoms with Crippen LogP contribution in [0.4, 0.5) is 10.1 Å². The minimum atomic E-state index is -1.24. The Morgan fingerprint density at radius 2 is 2.19 bits per heavy atom. The van der Waals surface area contributed by atoms with Crippen molar-refractivity contribution in [1.29, 1.82) is 0 Å². The quantitative estimate of drug-likeness (QED) is 0.807. The molecule has 0 saturated heterocycles. The summed E-state index contributed by atoms with van der Waals surface area (Å²) in [5.74, 6) is -0.0507. The summed E-state index contributed by atoms with van der Waals surface area (Å²) in [5.41, 5.74) is 5.80. The van der Waals surface area contributed by atoms with Gasteiger partial charge in [0.2, 0.25) is 0 Å². The van der Waals surface area contributed by atoms with Crippen molar-refractivity contribution in [3.05, 3.63) is 24.0 Å². The van der Waals surface area contributed by atoms with Gasteiger partial charge in [-0.1, -0.05) is 0 Å². The molecule has 0 amide bonds. The summed E-state index contributed by atoms with van der Waals surface area (Å²) in [7, 11) is -1.24. The minimum Gasteiger partial charge on any atom is -0.398 e. The number of nitrogens with two attached hydrogens (primary N) is 1. The highest BCUT2D eigenvalue weighted by atomic mass is 32.2. The summed E-state index contributed by atoms with van der Waals surface area (Å²) in [4.78, 5) is 0.466. The Morgan fingerprint density at radius 3 is 2.75 bits per heavy atom. The molecule has 0 aromatic heterocycles. The first-order valence-electron chi connectivity index (χ1n) is 5.05. The largest absolute Gasteiger partial charge is 0.398 e. The number of nitrogen functional groups attached to an aromatic ring is 1. The van der Waals surface area contributed by atoms with E-state index >= 15 is 0 Å². The fourth-order valence-electron chi connectivity index (χ4n) is 1.20. The van der Waals surface area contributed by atoms with Gasteiger partial charge in [-0.2, -0.15) is 0 Å². The van der Waals surface area contributed by atoms with Crippen molar-refractivity contribution in [2.75, 3.05) is 18.1 Å². The van der Waals surface area contributed by atoms with Crippen LogP contribution in [0.1, 0.15) is 13.8 Å². The van der Waals surface area contributed by atoms with Crippen LogP contribution in [0.5, 0.6) is 0 Å². The molecule has 0 aliphatic carbocycles. The monoisotopic (exact) mass is 245 g/mol. The summed E-state index contributed by atoms with van der Waals surface area (Å²) in [5, 5.41) is 0. The normalized spacial score (nSPS) is 13.0. The predicted octanol–water partition coefficient (Wildman–Crippen LogP) is 1.94. The van der Waals surface area contributed by atoms with Gasteiger partial charge in [0.25, 0.3) is 0 Å². The lowest BCUT2D eigenvalue weighted by Gasteiger charge is -2.08. The van der Waals surface area contributed by atoms with E-state index in [0.29, 0.717) is 17.3 Å². The maximum absolute atomic E-state index is 12.8. The van der Waals surface area contributed by atoms with Crippen molar-refractivity contribution in [2.24, 2.45) is 0 Å². The Morgan fingerprint density at radius 1 is 1.50 bits per heavy atom. The second-order valence-electron chi connectivity index (χ2n) is 3.65. The molecule has 1 atom stereocenters. The summed E-state index contributed by atoms with van der Waals surface area (Å²) in [6, 6.07) is 3.89. The minimum absolute atomic E-state index is 0.113. The highest BCUT2D eigenvalue weighted by molar-refractivity contribution is 7.85. The topological polar surface area (TPSA) is 52.3 Å². The van der Waals surface area contributed by atoms with Crippen LogP contribution < -0.4 is 5.73 Å². The van der Waals surface area contributed by atoms with E-state index in [9.17, 15) is 8.60 Å². The van der Waals surface area contributed by atoms with Crippen LogP contribution in [0.2, 0.25) is 0 Å². The Hall–Kier alpha value is -0.940. The van der Waals surface area contributed by atoms with E-state index in [-0.39, 0.29) is 11.8 Å². The molecule has 1 rings (SSSR count). The average molecular weight is 245 g/mol. The SMILES string of the molecule is CC(C)OCCS(=O)c1ccc(F)cc1N. The van der Waals surface area contributed by atoms with E-state index in [1.165, 1.54) is 18.2 Å². The van der Waals surface area contributed by atoms with Gasteiger partial charge in [0.15, 0.2) is 0 Å². The zero-order valence-corrected chi connectivity index (χ0v) is 10.2. The number of ether oxygens (including phenoxy) is 1. The van der Waals surface area contributed by atoms with Crippen LogP contribution in [-0.2, 0) is 15.5 Å². The lowest BCUT2D eigenvalue weighted by molar-refractivity contribution is 0.0916. The summed E-state index contributed by atoms with van der Waals surface area (Å²) in [6.07, 6.45) is 0.113. The molecule has 0 fully saturated rings. The van der Waals surface area contributed by atoms with Crippen molar-refractivity contribution in [3.8, 4) is 0 Å². The van der Waals surface area contributed by atoms with E-state index in [4.69, 9.17) is 10.5 Å². The van der Waals surface area contributed by atoms with Gasteiger partial charge in [-0.25, -0.2) is 4.39 Å². The lowest BCUT2D eigenvalue weighted by atomic mass is 10.3. The second kappa shape index (κ2) is 5.96. The molecule has 90 valence electrons. The van der Waals surface area contributed by atoms with E-state index in [2.05, 4.69) is 0 Å². The standard InChI is InChI=1S/C11H16FNO2S/c1-8(2)15-5-6-16(14)11-4-3-9(12)7-10(11)13/h3-4,7-8H,5-6,13H2,1-2H3. The van der Waals surface area contributed by atoms with Crippen molar-refractivity contribution in [1.82, 2.24) is 0 Å². The highest BCUT2D eigenvalue weighted by Gasteiger charge is 2.09. The maximum Gasteiger partial charge on any atom is 0.125 e. The molecule has 0 aliphatic rings. The maximum atomic E-state index is 12.8. The van der Waals surface area contributed by atoms with Gasteiger partial charge < -0.3 is 10.5 Å². The van der Waals surface area contributed by atoms with E-state index < -0.39 is 16.6 Å². The molecule has 0 saturated carbocycles. The van der Waals surface area contributed by atoms with Crippen molar-refractivity contribution >= 4 is 16.5 Å². The van der Waals surface area contributed by atoms with Crippen LogP contribution in [0, 0.1) is 5.82 Å². The number of anilines is 1. The molecule has 0 radical (unpaired) electrons. The number of hydrogen-bond donors (Lipinski definition) is 1. The summed E-state index contributed by atoms with van der Waals surface area (Å²) in [6.45, 7) is 4.23. The van der Waals surface area contributed by atoms with E-state index in [0.717, 1.165) is 0 Å². The van der Waals surface area contributed by atoms with Gasteiger partial charge in [0.1, 0.15) is 5.82 Å². The van der Waals surface area contributed by atoms with Crippen LogP contribution >= 0.6 is 0 Å². The molecule has 1 aromatic rings. The molecule has 1 unspecified atom stereocenters.